The number of halogens is 1. The van der Waals surface area contributed by atoms with E-state index in [4.69, 9.17) is 0 Å². The summed E-state index contributed by atoms with van der Waals surface area (Å²) in [6.07, 6.45) is 1.31. The Balaban J connectivity index is 2.26. The minimum atomic E-state index is -0.464. The van der Waals surface area contributed by atoms with Crippen LogP contribution in [0.1, 0.15) is 18.6 Å². The third-order valence-corrected chi connectivity index (χ3v) is 3.80. The van der Waals surface area contributed by atoms with Crippen LogP contribution in [-0.2, 0) is 0 Å². The van der Waals surface area contributed by atoms with Crippen molar-refractivity contribution >= 4 is 27.7 Å². The lowest BCUT2D eigenvalue weighted by Crippen LogP contribution is -1.93. The SMILES string of the molecule is C[C@@H](O)c1ccccc1Sc1ccc(Br)cn1. The van der Waals surface area contributed by atoms with Crippen LogP contribution in [-0.4, -0.2) is 10.1 Å². The average molecular weight is 310 g/mol. The summed E-state index contributed by atoms with van der Waals surface area (Å²) in [4.78, 5) is 5.35. The molecule has 0 amide bonds. The quantitative estimate of drug-likeness (QED) is 0.928. The van der Waals surface area contributed by atoms with E-state index in [-0.39, 0.29) is 0 Å². The van der Waals surface area contributed by atoms with Gasteiger partial charge >= 0.3 is 0 Å². The van der Waals surface area contributed by atoms with Gasteiger partial charge in [-0.3, -0.25) is 0 Å². The molecule has 0 radical (unpaired) electrons. The molecule has 2 rings (SSSR count). The summed E-state index contributed by atoms with van der Waals surface area (Å²) in [7, 11) is 0. The van der Waals surface area contributed by atoms with Gasteiger partial charge in [0.15, 0.2) is 0 Å². The monoisotopic (exact) mass is 309 g/mol. The molecule has 1 aromatic carbocycles. The molecule has 1 aromatic heterocycles. The Hall–Kier alpha value is -0.840. The first-order valence-electron chi connectivity index (χ1n) is 5.23. The fourth-order valence-corrected chi connectivity index (χ4v) is 2.66. The number of hydrogen-bond donors (Lipinski definition) is 1. The van der Waals surface area contributed by atoms with Crippen molar-refractivity contribution in [3.8, 4) is 0 Å². The number of rotatable bonds is 3. The van der Waals surface area contributed by atoms with Gasteiger partial charge in [-0.15, -0.1) is 0 Å². The molecule has 0 saturated carbocycles. The van der Waals surface area contributed by atoms with Crippen LogP contribution in [0.2, 0.25) is 0 Å². The summed E-state index contributed by atoms with van der Waals surface area (Å²) in [5.74, 6) is 0. The third-order valence-electron chi connectivity index (χ3n) is 2.28. The van der Waals surface area contributed by atoms with Crippen LogP contribution in [0.15, 0.2) is 57.0 Å². The second-order valence-electron chi connectivity index (χ2n) is 3.63. The molecule has 88 valence electrons. The van der Waals surface area contributed by atoms with Crippen molar-refractivity contribution in [3.63, 3.8) is 0 Å². The van der Waals surface area contributed by atoms with Crippen molar-refractivity contribution in [2.45, 2.75) is 22.9 Å². The second-order valence-corrected chi connectivity index (χ2v) is 5.61. The number of hydrogen-bond acceptors (Lipinski definition) is 3. The zero-order valence-electron chi connectivity index (χ0n) is 9.30. The van der Waals surface area contributed by atoms with Crippen molar-refractivity contribution < 1.29 is 5.11 Å². The lowest BCUT2D eigenvalue weighted by Gasteiger charge is -2.10. The molecule has 17 heavy (non-hydrogen) atoms. The fraction of sp³-hybridized carbons (Fsp3) is 0.154. The highest BCUT2D eigenvalue weighted by atomic mass is 79.9. The minimum Gasteiger partial charge on any atom is -0.389 e. The minimum absolute atomic E-state index is 0.464. The zero-order valence-corrected chi connectivity index (χ0v) is 11.7. The Morgan fingerprint density at radius 1 is 1.24 bits per heavy atom. The first kappa shape index (κ1) is 12.6. The van der Waals surface area contributed by atoms with E-state index in [1.807, 2.05) is 36.4 Å². The number of nitrogens with zero attached hydrogens (tertiary/aromatic N) is 1. The maximum atomic E-state index is 9.69. The molecule has 0 aliphatic carbocycles. The number of aliphatic hydroxyl groups excluding tert-OH is 1. The smallest absolute Gasteiger partial charge is 0.101 e. The maximum absolute atomic E-state index is 9.69. The summed E-state index contributed by atoms with van der Waals surface area (Å²) in [5.41, 5.74) is 0.933. The third kappa shape index (κ3) is 3.31. The lowest BCUT2D eigenvalue weighted by molar-refractivity contribution is 0.196. The van der Waals surface area contributed by atoms with E-state index in [0.29, 0.717) is 0 Å². The van der Waals surface area contributed by atoms with Crippen LogP contribution in [0.5, 0.6) is 0 Å². The predicted octanol–water partition coefficient (Wildman–Crippen LogP) is 4.05. The summed E-state index contributed by atoms with van der Waals surface area (Å²) in [5, 5.41) is 10.6. The number of benzene rings is 1. The number of pyridine rings is 1. The zero-order chi connectivity index (χ0) is 12.3. The number of aromatic nitrogens is 1. The van der Waals surface area contributed by atoms with E-state index in [0.717, 1.165) is 20.0 Å². The van der Waals surface area contributed by atoms with E-state index < -0.39 is 6.10 Å². The van der Waals surface area contributed by atoms with Gasteiger partial charge in [0.25, 0.3) is 0 Å². The standard InChI is InChI=1S/C13H12BrNOS/c1-9(16)11-4-2-3-5-12(11)17-13-7-6-10(14)8-15-13/h2-9,16H,1H3/t9-/m1/s1. The first-order valence-corrected chi connectivity index (χ1v) is 6.84. The average Bonchev–Trinajstić information content (AvgIpc) is 2.32. The van der Waals surface area contributed by atoms with Gasteiger partial charge < -0.3 is 5.11 Å². The molecule has 1 atom stereocenters. The van der Waals surface area contributed by atoms with Gasteiger partial charge in [-0.1, -0.05) is 30.0 Å². The van der Waals surface area contributed by atoms with Crippen molar-refractivity contribution in [2.75, 3.05) is 0 Å². The second kappa shape index (κ2) is 5.67. The molecule has 0 fully saturated rings. The molecular formula is C13H12BrNOS. The topological polar surface area (TPSA) is 33.1 Å². The molecule has 1 heterocycles. The van der Waals surface area contributed by atoms with Crippen molar-refractivity contribution in [1.29, 1.82) is 0 Å². The normalized spacial score (nSPS) is 12.4. The van der Waals surface area contributed by atoms with Crippen LogP contribution in [0.25, 0.3) is 0 Å². The van der Waals surface area contributed by atoms with E-state index in [9.17, 15) is 5.11 Å². The van der Waals surface area contributed by atoms with Gasteiger partial charge in [0.05, 0.1) is 6.10 Å². The maximum Gasteiger partial charge on any atom is 0.101 e. The molecule has 4 heteroatoms. The molecule has 0 bridgehead atoms. The van der Waals surface area contributed by atoms with Gasteiger partial charge in [0, 0.05) is 15.6 Å². The van der Waals surface area contributed by atoms with Crippen molar-refractivity contribution in [2.24, 2.45) is 0 Å². The van der Waals surface area contributed by atoms with Gasteiger partial charge in [0.2, 0.25) is 0 Å². The van der Waals surface area contributed by atoms with Crippen molar-refractivity contribution in [3.05, 3.63) is 52.6 Å². The molecule has 2 nitrogen and oxygen atoms in total. The Morgan fingerprint density at radius 2 is 2.00 bits per heavy atom. The molecule has 0 spiro atoms. The highest BCUT2D eigenvalue weighted by Gasteiger charge is 2.08. The van der Waals surface area contributed by atoms with Crippen LogP contribution in [0, 0.1) is 0 Å². The summed E-state index contributed by atoms with van der Waals surface area (Å²) in [6, 6.07) is 11.7. The van der Waals surface area contributed by atoms with E-state index in [1.54, 1.807) is 24.9 Å². The Kier molecular flexibility index (Phi) is 4.20. The van der Waals surface area contributed by atoms with Crippen LogP contribution in [0.4, 0.5) is 0 Å². The van der Waals surface area contributed by atoms with Gasteiger partial charge in [-0.2, -0.15) is 0 Å². The molecule has 2 aromatic rings. The van der Waals surface area contributed by atoms with E-state index in [2.05, 4.69) is 20.9 Å². The Morgan fingerprint density at radius 3 is 2.65 bits per heavy atom. The molecule has 0 aliphatic heterocycles. The molecule has 1 N–H and O–H groups in total. The van der Waals surface area contributed by atoms with Gasteiger partial charge in [-0.25, -0.2) is 4.98 Å². The summed E-state index contributed by atoms with van der Waals surface area (Å²) in [6.45, 7) is 1.77. The lowest BCUT2D eigenvalue weighted by atomic mass is 10.1. The molecule has 0 aliphatic rings. The fourth-order valence-electron chi connectivity index (χ4n) is 1.45. The highest BCUT2D eigenvalue weighted by molar-refractivity contribution is 9.10. The van der Waals surface area contributed by atoms with E-state index >= 15 is 0 Å². The molecule has 0 saturated heterocycles. The molecular weight excluding hydrogens is 298 g/mol. The summed E-state index contributed by atoms with van der Waals surface area (Å²) >= 11 is 4.92. The number of aliphatic hydroxyl groups is 1. The highest BCUT2D eigenvalue weighted by Crippen LogP contribution is 2.32. The van der Waals surface area contributed by atoms with Crippen molar-refractivity contribution in [1.82, 2.24) is 4.98 Å². The largest absolute Gasteiger partial charge is 0.389 e. The summed E-state index contributed by atoms with van der Waals surface area (Å²) < 4.78 is 0.964. The van der Waals surface area contributed by atoms with E-state index in [1.165, 1.54) is 0 Å². The predicted molar refractivity (Wildman–Crippen MR) is 73.1 cm³/mol. The Bertz CT molecular complexity index is 499. The van der Waals surface area contributed by atoms with Crippen LogP contribution in [0.3, 0.4) is 0 Å². The van der Waals surface area contributed by atoms with Gasteiger partial charge in [0.1, 0.15) is 5.03 Å². The van der Waals surface area contributed by atoms with Crippen LogP contribution < -0.4 is 0 Å². The van der Waals surface area contributed by atoms with Gasteiger partial charge in [-0.05, 0) is 46.6 Å². The first-order chi connectivity index (χ1) is 8.16. The van der Waals surface area contributed by atoms with Crippen LogP contribution >= 0.6 is 27.7 Å². The molecule has 0 unspecified atom stereocenters. The Labute approximate surface area is 113 Å².